The molecule has 2 aromatic rings. The molecule has 0 bridgehead atoms. The van der Waals surface area contributed by atoms with Gasteiger partial charge >= 0.3 is 0 Å². The van der Waals surface area contributed by atoms with E-state index < -0.39 is 5.91 Å². The Morgan fingerprint density at radius 1 is 1.29 bits per heavy atom. The summed E-state index contributed by atoms with van der Waals surface area (Å²) >= 11 is 5.82. The Hall–Kier alpha value is -2.07. The molecule has 0 fully saturated rings. The van der Waals surface area contributed by atoms with Crippen LogP contribution in [-0.2, 0) is 6.42 Å². The number of nitrogens with one attached hydrogen (secondary N) is 1. The maximum Gasteiger partial charge on any atom is 0.255 e. The number of halogens is 2. The van der Waals surface area contributed by atoms with Crippen molar-refractivity contribution in [1.82, 2.24) is 5.32 Å². The van der Waals surface area contributed by atoms with Crippen molar-refractivity contribution in [2.45, 2.75) is 19.4 Å². The quantitative estimate of drug-likeness (QED) is 0.907. The molecule has 0 heterocycles. The number of rotatable bonds is 4. The lowest BCUT2D eigenvalue weighted by Crippen LogP contribution is -2.34. The van der Waals surface area contributed by atoms with Gasteiger partial charge in [0.15, 0.2) is 0 Å². The van der Waals surface area contributed by atoms with Gasteiger partial charge in [-0.25, -0.2) is 4.39 Å². The van der Waals surface area contributed by atoms with Gasteiger partial charge in [-0.2, -0.15) is 0 Å². The van der Waals surface area contributed by atoms with Crippen molar-refractivity contribution in [3.8, 4) is 5.75 Å². The Morgan fingerprint density at radius 2 is 1.95 bits per heavy atom. The van der Waals surface area contributed by atoms with Crippen LogP contribution < -0.4 is 5.32 Å². The van der Waals surface area contributed by atoms with Crippen LogP contribution in [-0.4, -0.2) is 17.1 Å². The molecule has 0 aliphatic heterocycles. The SMILES string of the molecule is CC(Cc1ccc(F)cc1)NC(=O)c1cc(Cl)ccc1O. The van der Waals surface area contributed by atoms with Crippen LogP contribution in [0.5, 0.6) is 5.75 Å². The molecule has 1 unspecified atom stereocenters. The van der Waals surface area contributed by atoms with Crippen molar-refractivity contribution >= 4 is 17.5 Å². The monoisotopic (exact) mass is 307 g/mol. The number of amides is 1. The van der Waals surface area contributed by atoms with Crippen molar-refractivity contribution < 1.29 is 14.3 Å². The molecule has 21 heavy (non-hydrogen) atoms. The third-order valence-corrected chi connectivity index (χ3v) is 3.27. The van der Waals surface area contributed by atoms with Gasteiger partial charge in [-0.3, -0.25) is 4.79 Å². The van der Waals surface area contributed by atoms with Gasteiger partial charge in [0.05, 0.1) is 5.56 Å². The van der Waals surface area contributed by atoms with Gasteiger partial charge in [-0.05, 0) is 49.2 Å². The molecule has 0 spiro atoms. The third kappa shape index (κ3) is 4.20. The van der Waals surface area contributed by atoms with Crippen LogP contribution >= 0.6 is 11.6 Å². The fraction of sp³-hybridized carbons (Fsp3) is 0.188. The standard InChI is InChI=1S/C16H15ClFNO2/c1-10(8-11-2-5-13(18)6-3-11)19-16(21)14-9-12(17)4-7-15(14)20/h2-7,9-10,20H,8H2,1H3,(H,19,21). The van der Waals surface area contributed by atoms with E-state index in [4.69, 9.17) is 11.6 Å². The first kappa shape index (κ1) is 15.3. The van der Waals surface area contributed by atoms with E-state index in [1.807, 2.05) is 6.92 Å². The van der Waals surface area contributed by atoms with Crippen LogP contribution in [0.3, 0.4) is 0 Å². The summed E-state index contributed by atoms with van der Waals surface area (Å²) in [6.45, 7) is 1.84. The molecule has 110 valence electrons. The number of benzene rings is 2. The fourth-order valence-electron chi connectivity index (χ4n) is 2.02. The van der Waals surface area contributed by atoms with E-state index in [0.29, 0.717) is 11.4 Å². The zero-order valence-corrected chi connectivity index (χ0v) is 12.2. The molecule has 2 N–H and O–H groups in total. The summed E-state index contributed by atoms with van der Waals surface area (Å²) in [7, 11) is 0. The first-order valence-corrected chi connectivity index (χ1v) is 6.87. The third-order valence-electron chi connectivity index (χ3n) is 3.04. The Kier molecular flexibility index (Phi) is 4.81. The first-order chi connectivity index (χ1) is 9.95. The van der Waals surface area contributed by atoms with E-state index in [9.17, 15) is 14.3 Å². The van der Waals surface area contributed by atoms with E-state index in [2.05, 4.69) is 5.32 Å². The van der Waals surface area contributed by atoms with Crippen molar-refractivity contribution in [2.24, 2.45) is 0 Å². The highest BCUT2D eigenvalue weighted by Gasteiger charge is 2.14. The number of carbonyl (C=O) groups excluding carboxylic acids is 1. The summed E-state index contributed by atoms with van der Waals surface area (Å²) in [4.78, 5) is 12.1. The Bertz CT molecular complexity index is 643. The topological polar surface area (TPSA) is 49.3 Å². The fourth-order valence-corrected chi connectivity index (χ4v) is 2.19. The molecule has 0 aliphatic rings. The van der Waals surface area contributed by atoms with Gasteiger partial charge in [-0.15, -0.1) is 0 Å². The van der Waals surface area contributed by atoms with Crippen LogP contribution in [0.1, 0.15) is 22.8 Å². The average Bonchev–Trinajstić information content (AvgIpc) is 2.44. The summed E-state index contributed by atoms with van der Waals surface area (Å²) in [6, 6.07) is 10.2. The zero-order chi connectivity index (χ0) is 15.4. The molecular formula is C16H15ClFNO2. The first-order valence-electron chi connectivity index (χ1n) is 6.49. The summed E-state index contributed by atoms with van der Waals surface area (Å²) < 4.78 is 12.8. The minimum Gasteiger partial charge on any atom is -0.507 e. The number of phenolic OH excluding ortho intramolecular Hbond substituents is 1. The van der Waals surface area contributed by atoms with Crippen LogP contribution in [0.15, 0.2) is 42.5 Å². The highest BCUT2D eigenvalue weighted by Crippen LogP contribution is 2.21. The number of hydrogen-bond acceptors (Lipinski definition) is 2. The van der Waals surface area contributed by atoms with E-state index in [0.717, 1.165) is 5.56 Å². The average molecular weight is 308 g/mol. The molecule has 2 aromatic carbocycles. The molecule has 1 amide bonds. The van der Waals surface area contributed by atoms with Crippen molar-refractivity contribution in [3.05, 3.63) is 64.4 Å². The lowest BCUT2D eigenvalue weighted by molar-refractivity contribution is 0.0937. The molecule has 0 aliphatic carbocycles. The van der Waals surface area contributed by atoms with Gasteiger partial charge in [-0.1, -0.05) is 23.7 Å². The summed E-state index contributed by atoms with van der Waals surface area (Å²) in [5.74, 6) is -0.810. The van der Waals surface area contributed by atoms with E-state index >= 15 is 0 Å². The largest absolute Gasteiger partial charge is 0.507 e. The Morgan fingerprint density at radius 3 is 2.62 bits per heavy atom. The number of aromatic hydroxyl groups is 1. The molecule has 1 atom stereocenters. The molecular weight excluding hydrogens is 293 g/mol. The molecule has 0 aromatic heterocycles. The molecule has 0 radical (unpaired) electrons. The second-order valence-corrected chi connectivity index (χ2v) is 5.30. The van der Waals surface area contributed by atoms with Gasteiger partial charge in [0.2, 0.25) is 0 Å². The molecule has 3 nitrogen and oxygen atoms in total. The van der Waals surface area contributed by atoms with Crippen molar-refractivity contribution in [2.75, 3.05) is 0 Å². The summed E-state index contributed by atoms with van der Waals surface area (Å²) in [5.41, 5.74) is 1.05. The molecule has 2 rings (SSSR count). The van der Waals surface area contributed by atoms with Crippen LogP contribution in [0.2, 0.25) is 5.02 Å². The normalized spacial score (nSPS) is 12.0. The van der Waals surface area contributed by atoms with Crippen LogP contribution in [0.25, 0.3) is 0 Å². The lowest BCUT2D eigenvalue weighted by atomic mass is 10.1. The number of carbonyl (C=O) groups is 1. The maximum absolute atomic E-state index is 12.8. The van der Waals surface area contributed by atoms with E-state index in [1.165, 1.54) is 30.3 Å². The minimum absolute atomic E-state index is 0.120. The van der Waals surface area contributed by atoms with E-state index in [-0.39, 0.29) is 23.2 Å². The lowest BCUT2D eigenvalue weighted by Gasteiger charge is -2.14. The van der Waals surface area contributed by atoms with Crippen LogP contribution in [0, 0.1) is 5.82 Å². The summed E-state index contributed by atoms with van der Waals surface area (Å²) in [5, 5.41) is 12.8. The van der Waals surface area contributed by atoms with Crippen molar-refractivity contribution in [3.63, 3.8) is 0 Å². The van der Waals surface area contributed by atoms with Gasteiger partial charge in [0.1, 0.15) is 11.6 Å². The molecule has 0 saturated heterocycles. The Labute approximate surface area is 127 Å². The number of hydrogen-bond donors (Lipinski definition) is 2. The highest BCUT2D eigenvalue weighted by atomic mass is 35.5. The number of phenols is 1. The van der Waals surface area contributed by atoms with Crippen LogP contribution in [0.4, 0.5) is 4.39 Å². The molecule has 0 saturated carbocycles. The second-order valence-electron chi connectivity index (χ2n) is 4.87. The zero-order valence-electron chi connectivity index (χ0n) is 11.4. The van der Waals surface area contributed by atoms with Gasteiger partial charge < -0.3 is 10.4 Å². The van der Waals surface area contributed by atoms with E-state index in [1.54, 1.807) is 12.1 Å². The van der Waals surface area contributed by atoms with Gasteiger partial charge in [0, 0.05) is 11.1 Å². The smallest absolute Gasteiger partial charge is 0.255 e. The van der Waals surface area contributed by atoms with Crippen molar-refractivity contribution in [1.29, 1.82) is 0 Å². The maximum atomic E-state index is 12.8. The van der Waals surface area contributed by atoms with Gasteiger partial charge in [0.25, 0.3) is 5.91 Å². The predicted molar refractivity (Wildman–Crippen MR) is 80.1 cm³/mol. The second kappa shape index (κ2) is 6.59. The molecule has 5 heteroatoms. The Balaban J connectivity index is 2.01. The predicted octanol–water partition coefficient (Wildman–Crippen LogP) is 3.55. The minimum atomic E-state index is -0.399. The highest BCUT2D eigenvalue weighted by molar-refractivity contribution is 6.31. The summed E-state index contributed by atoms with van der Waals surface area (Å²) in [6.07, 6.45) is 0.563.